The molecule has 1 atom stereocenters. The molecule has 1 aliphatic carbocycles. The molecule has 1 saturated carbocycles. The molecule has 19 heavy (non-hydrogen) atoms. The lowest BCUT2D eigenvalue weighted by Gasteiger charge is -2.40. The van der Waals surface area contributed by atoms with Crippen molar-refractivity contribution in [1.29, 1.82) is 0 Å². The summed E-state index contributed by atoms with van der Waals surface area (Å²) in [6.07, 6.45) is 7.25. The van der Waals surface area contributed by atoms with Crippen LogP contribution in [0.2, 0.25) is 0 Å². The van der Waals surface area contributed by atoms with Crippen LogP contribution >= 0.6 is 0 Å². The quantitative estimate of drug-likeness (QED) is 0.760. The van der Waals surface area contributed by atoms with Gasteiger partial charge in [-0.2, -0.15) is 0 Å². The molecule has 0 aromatic carbocycles. The van der Waals surface area contributed by atoms with Crippen LogP contribution < -0.4 is 5.32 Å². The number of amides is 1. The standard InChI is InChI=1S/C15H27N3O/c1-3-8-16-15(19)13(2)17-9-11-18(12-10-17)14-6-4-5-7-14/h3,13-14H,1,4-12H2,2H3,(H,16,19)/t13-/m1/s1. The molecular formula is C15H27N3O. The number of nitrogens with one attached hydrogen (secondary N) is 1. The Balaban J connectivity index is 1.75. The lowest BCUT2D eigenvalue weighted by molar-refractivity contribution is -0.126. The zero-order valence-electron chi connectivity index (χ0n) is 12.1. The molecular weight excluding hydrogens is 238 g/mol. The van der Waals surface area contributed by atoms with Crippen LogP contribution in [-0.4, -0.2) is 60.5 Å². The van der Waals surface area contributed by atoms with Crippen LogP contribution in [0.5, 0.6) is 0 Å². The van der Waals surface area contributed by atoms with Crippen LogP contribution in [0.1, 0.15) is 32.6 Å². The molecule has 1 heterocycles. The summed E-state index contributed by atoms with van der Waals surface area (Å²) in [5.74, 6) is 0.120. The van der Waals surface area contributed by atoms with E-state index in [1.807, 2.05) is 6.92 Å². The predicted molar refractivity (Wildman–Crippen MR) is 78.1 cm³/mol. The second-order valence-electron chi connectivity index (χ2n) is 5.72. The Hall–Kier alpha value is -0.870. The fourth-order valence-corrected chi connectivity index (χ4v) is 3.25. The molecule has 2 rings (SSSR count). The van der Waals surface area contributed by atoms with E-state index in [2.05, 4.69) is 21.7 Å². The highest BCUT2D eigenvalue weighted by Crippen LogP contribution is 2.24. The summed E-state index contributed by atoms with van der Waals surface area (Å²) in [5, 5.41) is 2.88. The molecule has 0 spiro atoms. The minimum atomic E-state index is -0.0225. The van der Waals surface area contributed by atoms with Crippen molar-refractivity contribution < 1.29 is 4.79 Å². The van der Waals surface area contributed by atoms with Gasteiger partial charge < -0.3 is 5.32 Å². The molecule has 2 fully saturated rings. The highest BCUT2D eigenvalue weighted by molar-refractivity contribution is 5.81. The molecule has 1 amide bonds. The Morgan fingerprint density at radius 3 is 2.53 bits per heavy atom. The van der Waals surface area contributed by atoms with Gasteiger partial charge in [0.25, 0.3) is 0 Å². The first-order chi connectivity index (χ1) is 9.22. The van der Waals surface area contributed by atoms with E-state index in [4.69, 9.17) is 0 Å². The fourth-order valence-electron chi connectivity index (χ4n) is 3.25. The van der Waals surface area contributed by atoms with Crippen molar-refractivity contribution in [3.63, 3.8) is 0 Å². The van der Waals surface area contributed by atoms with Crippen molar-refractivity contribution in [2.45, 2.75) is 44.7 Å². The van der Waals surface area contributed by atoms with Crippen LogP contribution in [0.15, 0.2) is 12.7 Å². The Kier molecular flexibility index (Phi) is 5.40. The lowest BCUT2D eigenvalue weighted by atomic mass is 10.1. The SMILES string of the molecule is C=CCNC(=O)[C@@H](C)N1CCN(C2CCCC2)CC1. The van der Waals surface area contributed by atoms with E-state index in [9.17, 15) is 4.79 Å². The van der Waals surface area contributed by atoms with Gasteiger partial charge in [0.1, 0.15) is 0 Å². The van der Waals surface area contributed by atoms with E-state index in [1.54, 1.807) is 6.08 Å². The number of carbonyl (C=O) groups excluding carboxylic acids is 1. The molecule has 1 saturated heterocycles. The summed E-state index contributed by atoms with van der Waals surface area (Å²) in [5.41, 5.74) is 0. The Morgan fingerprint density at radius 2 is 1.95 bits per heavy atom. The van der Waals surface area contributed by atoms with E-state index in [0.29, 0.717) is 6.54 Å². The zero-order chi connectivity index (χ0) is 13.7. The smallest absolute Gasteiger partial charge is 0.237 e. The van der Waals surface area contributed by atoms with Crippen molar-refractivity contribution in [3.8, 4) is 0 Å². The molecule has 1 aliphatic heterocycles. The number of hydrogen-bond donors (Lipinski definition) is 1. The van der Waals surface area contributed by atoms with Crippen LogP contribution in [0.25, 0.3) is 0 Å². The maximum Gasteiger partial charge on any atom is 0.237 e. The van der Waals surface area contributed by atoms with E-state index in [0.717, 1.165) is 32.2 Å². The number of nitrogens with zero attached hydrogens (tertiary/aromatic N) is 2. The molecule has 0 aromatic heterocycles. The third-order valence-electron chi connectivity index (χ3n) is 4.54. The molecule has 1 N–H and O–H groups in total. The largest absolute Gasteiger partial charge is 0.351 e. The van der Waals surface area contributed by atoms with Gasteiger partial charge >= 0.3 is 0 Å². The summed E-state index contributed by atoms with van der Waals surface area (Å²) < 4.78 is 0. The number of carbonyl (C=O) groups is 1. The minimum absolute atomic E-state index is 0.0225. The van der Waals surface area contributed by atoms with Crippen molar-refractivity contribution in [2.24, 2.45) is 0 Å². The Morgan fingerprint density at radius 1 is 1.32 bits per heavy atom. The molecule has 108 valence electrons. The number of piperazine rings is 1. The highest BCUT2D eigenvalue weighted by atomic mass is 16.2. The predicted octanol–water partition coefficient (Wildman–Crippen LogP) is 1.24. The normalized spacial score (nSPS) is 24.3. The van der Waals surface area contributed by atoms with E-state index in [-0.39, 0.29) is 11.9 Å². The van der Waals surface area contributed by atoms with Crippen LogP contribution in [0.4, 0.5) is 0 Å². The minimum Gasteiger partial charge on any atom is -0.351 e. The summed E-state index contributed by atoms with van der Waals surface area (Å²) >= 11 is 0. The third-order valence-corrected chi connectivity index (χ3v) is 4.54. The molecule has 2 aliphatic rings. The summed E-state index contributed by atoms with van der Waals surface area (Å²) in [4.78, 5) is 16.8. The van der Waals surface area contributed by atoms with Gasteiger partial charge in [0.2, 0.25) is 5.91 Å². The monoisotopic (exact) mass is 265 g/mol. The van der Waals surface area contributed by atoms with Crippen molar-refractivity contribution in [2.75, 3.05) is 32.7 Å². The topological polar surface area (TPSA) is 35.6 Å². The fraction of sp³-hybridized carbons (Fsp3) is 0.800. The first-order valence-electron chi connectivity index (χ1n) is 7.59. The molecule has 0 radical (unpaired) electrons. The molecule has 0 unspecified atom stereocenters. The van der Waals surface area contributed by atoms with Crippen molar-refractivity contribution in [3.05, 3.63) is 12.7 Å². The van der Waals surface area contributed by atoms with Gasteiger partial charge in [0.15, 0.2) is 0 Å². The van der Waals surface area contributed by atoms with E-state index >= 15 is 0 Å². The maximum absolute atomic E-state index is 11.9. The average Bonchev–Trinajstić information content (AvgIpc) is 2.98. The van der Waals surface area contributed by atoms with Gasteiger partial charge in [0, 0.05) is 38.8 Å². The second-order valence-corrected chi connectivity index (χ2v) is 5.72. The van der Waals surface area contributed by atoms with Crippen molar-refractivity contribution in [1.82, 2.24) is 15.1 Å². The number of rotatable bonds is 5. The summed E-state index contributed by atoms with van der Waals surface area (Å²) in [6.45, 7) is 10.4. The Bertz CT molecular complexity index is 305. The Labute approximate surface area is 116 Å². The number of hydrogen-bond acceptors (Lipinski definition) is 3. The summed E-state index contributed by atoms with van der Waals surface area (Å²) in [6, 6.07) is 0.790. The first-order valence-corrected chi connectivity index (χ1v) is 7.59. The van der Waals surface area contributed by atoms with Crippen LogP contribution in [0.3, 0.4) is 0 Å². The van der Waals surface area contributed by atoms with Gasteiger partial charge in [-0.1, -0.05) is 18.9 Å². The third kappa shape index (κ3) is 3.80. The van der Waals surface area contributed by atoms with Crippen LogP contribution in [-0.2, 0) is 4.79 Å². The molecule has 4 heteroatoms. The van der Waals surface area contributed by atoms with Gasteiger partial charge in [-0.15, -0.1) is 6.58 Å². The maximum atomic E-state index is 11.9. The van der Waals surface area contributed by atoms with Crippen molar-refractivity contribution >= 4 is 5.91 Å². The van der Waals surface area contributed by atoms with Gasteiger partial charge in [-0.3, -0.25) is 14.6 Å². The highest BCUT2D eigenvalue weighted by Gasteiger charge is 2.29. The van der Waals surface area contributed by atoms with Gasteiger partial charge in [-0.25, -0.2) is 0 Å². The van der Waals surface area contributed by atoms with Crippen LogP contribution in [0, 0.1) is 0 Å². The lowest BCUT2D eigenvalue weighted by Crippen LogP contribution is -2.55. The second kappa shape index (κ2) is 7.06. The van der Waals surface area contributed by atoms with Gasteiger partial charge in [-0.05, 0) is 19.8 Å². The average molecular weight is 265 g/mol. The first kappa shape index (κ1) is 14.5. The molecule has 0 bridgehead atoms. The van der Waals surface area contributed by atoms with Gasteiger partial charge in [0.05, 0.1) is 6.04 Å². The molecule has 4 nitrogen and oxygen atoms in total. The summed E-state index contributed by atoms with van der Waals surface area (Å²) in [7, 11) is 0. The van der Waals surface area contributed by atoms with E-state index in [1.165, 1.54) is 25.7 Å². The molecule has 0 aromatic rings. The van der Waals surface area contributed by atoms with E-state index < -0.39 is 0 Å². The zero-order valence-corrected chi connectivity index (χ0v) is 12.1.